The number of aromatic nitrogens is 1. The molecule has 0 amide bonds. The maximum Gasteiger partial charge on any atom is 0.0992 e. The van der Waals surface area contributed by atoms with Gasteiger partial charge in [0.25, 0.3) is 0 Å². The fraction of sp³-hybridized carbons (Fsp3) is 0. The predicted octanol–water partition coefficient (Wildman–Crippen LogP) is 9.92. The first-order chi connectivity index (χ1) is 20.2. The van der Waals surface area contributed by atoms with Crippen molar-refractivity contribution in [1.29, 1.82) is 10.5 Å². The average molecular weight is 518 g/mol. The fourth-order valence-corrected chi connectivity index (χ4v) is 7.56. The van der Waals surface area contributed by atoms with E-state index in [4.69, 9.17) is 0 Å². The van der Waals surface area contributed by atoms with Crippen LogP contribution in [-0.4, -0.2) is 4.40 Å². The van der Waals surface area contributed by atoms with Crippen LogP contribution in [0.25, 0.3) is 93.3 Å². The molecule has 0 fully saturated rings. The van der Waals surface area contributed by atoms with Crippen LogP contribution < -0.4 is 0 Å². The Bertz CT molecular complexity index is 2740. The zero-order valence-electron chi connectivity index (χ0n) is 21.9. The van der Waals surface area contributed by atoms with Gasteiger partial charge in [0.15, 0.2) is 0 Å². The topological polar surface area (TPSA) is 52.0 Å². The molecule has 0 radical (unpaired) electrons. The number of rotatable bonds is 2. The molecule has 9 rings (SSSR count). The maximum absolute atomic E-state index is 9.84. The van der Waals surface area contributed by atoms with Gasteiger partial charge in [-0.2, -0.15) is 10.5 Å². The molecule has 0 aliphatic heterocycles. The highest BCUT2D eigenvalue weighted by atomic mass is 14.9. The largest absolute Gasteiger partial charge is 0.308 e. The monoisotopic (exact) mass is 517 g/mol. The second-order valence-corrected chi connectivity index (χ2v) is 10.8. The van der Waals surface area contributed by atoms with E-state index in [2.05, 4.69) is 84.3 Å². The van der Waals surface area contributed by atoms with Crippen LogP contribution in [0.15, 0.2) is 92.0 Å². The van der Waals surface area contributed by atoms with Gasteiger partial charge in [-0.15, -0.1) is 0 Å². The van der Waals surface area contributed by atoms with Gasteiger partial charge in [0.05, 0.1) is 39.8 Å². The molecule has 9 aromatic rings. The SMILES string of the molecule is C=Cc1c(C=C)c2c3c4c1cccc4c1ccccc1c3c1c3ccc(C#N)cc3n3c4cc(C#N)ccc4c2c13. The molecule has 0 saturated carbocycles. The Balaban J connectivity index is 1.81. The summed E-state index contributed by atoms with van der Waals surface area (Å²) in [4.78, 5) is 0. The highest BCUT2D eigenvalue weighted by molar-refractivity contribution is 6.48. The Morgan fingerprint density at radius 2 is 1.07 bits per heavy atom. The summed E-state index contributed by atoms with van der Waals surface area (Å²) < 4.78 is 2.26. The molecule has 2 heterocycles. The smallest absolute Gasteiger partial charge is 0.0992 e. The van der Waals surface area contributed by atoms with Crippen molar-refractivity contribution in [3.8, 4) is 12.1 Å². The molecule has 41 heavy (non-hydrogen) atoms. The van der Waals surface area contributed by atoms with E-state index in [1.165, 1.54) is 37.7 Å². The van der Waals surface area contributed by atoms with Crippen LogP contribution in [0.5, 0.6) is 0 Å². The van der Waals surface area contributed by atoms with Gasteiger partial charge in [-0.25, -0.2) is 0 Å². The summed E-state index contributed by atoms with van der Waals surface area (Å²) in [6.07, 6.45) is 3.92. The van der Waals surface area contributed by atoms with Gasteiger partial charge < -0.3 is 4.40 Å². The van der Waals surface area contributed by atoms with E-state index < -0.39 is 0 Å². The molecule has 0 unspecified atom stereocenters. The summed E-state index contributed by atoms with van der Waals surface area (Å²) >= 11 is 0. The highest BCUT2D eigenvalue weighted by Gasteiger charge is 2.28. The first kappa shape index (κ1) is 22.0. The Morgan fingerprint density at radius 1 is 0.512 bits per heavy atom. The van der Waals surface area contributed by atoms with Gasteiger partial charge in [0.1, 0.15) is 0 Å². The third kappa shape index (κ3) is 2.40. The van der Waals surface area contributed by atoms with E-state index >= 15 is 0 Å². The summed E-state index contributed by atoms with van der Waals surface area (Å²) in [7, 11) is 0. The van der Waals surface area contributed by atoms with Crippen molar-refractivity contribution < 1.29 is 0 Å². The van der Waals surface area contributed by atoms with E-state index in [1.807, 2.05) is 36.4 Å². The van der Waals surface area contributed by atoms with Gasteiger partial charge in [-0.1, -0.05) is 79.9 Å². The molecule has 7 aromatic carbocycles. The van der Waals surface area contributed by atoms with E-state index in [0.717, 1.165) is 54.6 Å². The molecule has 0 saturated heterocycles. The second kappa shape index (κ2) is 7.39. The summed E-state index contributed by atoms with van der Waals surface area (Å²) in [5.41, 5.74) is 6.38. The van der Waals surface area contributed by atoms with Crippen LogP contribution in [0, 0.1) is 22.7 Å². The zero-order valence-corrected chi connectivity index (χ0v) is 21.9. The standard InChI is InChI=1S/C38H19N3/c1-3-22-23(4-2)33-35-28-14-12-20(18-39)16-30(28)41-31-17-21(19-40)13-15-29(31)36(38(35)41)34-27-9-6-5-8-24(27)26-11-7-10-25(22)32(26)37(33)34/h3-17H,1-2H2. The maximum atomic E-state index is 9.84. The predicted molar refractivity (Wildman–Crippen MR) is 172 cm³/mol. The van der Waals surface area contributed by atoms with Crippen molar-refractivity contribution in [3.63, 3.8) is 0 Å². The minimum absolute atomic E-state index is 0.602. The number of benzene rings is 7. The third-order valence-electron chi connectivity index (χ3n) is 9.03. The normalized spacial score (nSPS) is 12.0. The number of hydrogen-bond acceptors (Lipinski definition) is 2. The molecule has 0 aliphatic rings. The van der Waals surface area contributed by atoms with Crippen molar-refractivity contribution in [2.75, 3.05) is 0 Å². The number of nitriles is 2. The van der Waals surface area contributed by atoms with E-state index in [0.29, 0.717) is 11.1 Å². The number of nitrogens with zero attached hydrogens (tertiary/aromatic N) is 3. The van der Waals surface area contributed by atoms with Crippen molar-refractivity contribution in [1.82, 2.24) is 4.40 Å². The molecular weight excluding hydrogens is 498 g/mol. The lowest BCUT2D eigenvalue weighted by atomic mass is 9.81. The molecule has 3 heteroatoms. The minimum atomic E-state index is 0.602. The molecule has 0 N–H and O–H groups in total. The second-order valence-electron chi connectivity index (χ2n) is 10.8. The van der Waals surface area contributed by atoms with Crippen molar-refractivity contribution >= 4 is 93.3 Å². The van der Waals surface area contributed by atoms with Crippen LogP contribution in [0.2, 0.25) is 0 Å². The van der Waals surface area contributed by atoms with Gasteiger partial charge in [0, 0.05) is 37.7 Å². The van der Waals surface area contributed by atoms with E-state index in [-0.39, 0.29) is 0 Å². The summed E-state index contributed by atoms with van der Waals surface area (Å²) in [5.74, 6) is 0. The quantitative estimate of drug-likeness (QED) is 0.169. The lowest BCUT2D eigenvalue weighted by molar-refractivity contribution is 1.36. The van der Waals surface area contributed by atoms with Crippen molar-refractivity contribution in [2.24, 2.45) is 0 Å². The van der Waals surface area contributed by atoms with Gasteiger partial charge in [-0.05, 0) is 62.3 Å². The van der Waals surface area contributed by atoms with Crippen LogP contribution >= 0.6 is 0 Å². The molecule has 0 spiro atoms. The van der Waals surface area contributed by atoms with E-state index in [1.54, 1.807) is 0 Å². The lowest BCUT2D eigenvalue weighted by Crippen LogP contribution is -1.94. The first-order valence-corrected chi connectivity index (χ1v) is 13.6. The van der Waals surface area contributed by atoms with Gasteiger partial charge in [0.2, 0.25) is 0 Å². The van der Waals surface area contributed by atoms with Gasteiger partial charge >= 0.3 is 0 Å². The molecular formula is C38H19N3. The third-order valence-corrected chi connectivity index (χ3v) is 9.03. The molecule has 0 atom stereocenters. The molecule has 2 aromatic heterocycles. The summed E-state index contributed by atoms with van der Waals surface area (Å²) in [6, 6.07) is 31.8. The number of hydrogen-bond donors (Lipinski definition) is 0. The first-order valence-electron chi connectivity index (χ1n) is 13.6. The Kier molecular flexibility index (Phi) is 3.96. The van der Waals surface area contributed by atoms with Crippen molar-refractivity contribution in [2.45, 2.75) is 0 Å². The summed E-state index contributed by atoms with van der Waals surface area (Å²) in [5, 5.41) is 33.8. The van der Waals surface area contributed by atoms with Crippen LogP contribution in [0.3, 0.4) is 0 Å². The fourth-order valence-electron chi connectivity index (χ4n) is 7.56. The van der Waals surface area contributed by atoms with Crippen LogP contribution in [0.1, 0.15) is 22.3 Å². The Hall–Kier alpha value is -5.90. The van der Waals surface area contributed by atoms with E-state index in [9.17, 15) is 10.5 Å². The lowest BCUT2D eigenvalue weighted by Gasteiger charge is -2.20. The minimum Gasteiger partial charge on any atom is -0.308 e. The Labute approximate surface area is 234 Å². The molecule has 0 bridgehead atoms. The van der Waals surface area contributed by atoms with Crippen LogP contribution in [0.4, 0.5) is 0 Å². The average Bonchev–Trinajstić information content (AvgIpc) is 3.54. The molecule has 3 nitrogen and oxygen atoms in total. The Morgan fingerprint density at radius 3 is 1.71 bits per heavy atom. The molecule has 0 aliphatic carbocycles. The highest BCUT2D eigenvalue weighted by Crippen LogP contribution is 2.53. The van der Waals surface area contributed by atoms with Crippen LogP contribution in [-0.2, 0) is 0 Å². The van der Waals surface area contributed by atoms with Crippen molar-refractivity contribution in [3.05, 3.63) is 114 Å². The molecule has 186 valence electrons. The van der Waals surface area contributed by atoms with Gasteiger partial charge in [-0.3, -0.25) is 0 Å². The summed E-state index contributed by atoms with van der Waals surface area (Å²) in [6.45, 7) is 8.54. The zero-order chi connectivity index (χ0) is 27.6. The number of fused-ring (bicyclic) bond motifs is 11.